The number of amides is 2. The third kappa shape index (κ3) is 4.26. The van der Waals surface area contributed by atoms with E-state index < -0.39 is 29.7 Å². The lowest BCUT2D eigenvalue weighted by atomic mass is 10.0. The number of carbonyl (C=O) groups is 2. The number of aryl methyl sites for hydroxylation is 2. The number of anilines is 3. The van der Waals surface area contributed by atoms with Gasteiger partial charge in [0.05, 0.1) is 29.5 Å². The topological polar surface area (TPSA) is 116 Å². The average molecular weight is 467 g/mol. The number of pyridine rings is 1. The maximum atomic E-state index is 15.3. The fraction of sp³-hybridized carbons (Fsp3) is 0.348. The molecule has 34 heavy (non-hydrogen) atoms. The minimum atomic E-state index is -1.16. The standard InChI is InChI=1S/C23H23F2N7O2/c1-4-12-7-13(22(33)27-6-5-26)8-16(25)20(12)32(3)18-10-17-19(28-11-31(17)2)21(29-18)30-23(34)14-9-15(14)24/h7-8,10-11,14-15H,4,6,9H2,1-3H3,(H,27,33)(H,29,30,34)/t14-,15+/m0/s1. The summed E-state index contributed by atoms with van der Waals surface area (Å²) in [5, 5.41) is 13.7. The highest BCUT2D eigenvalue weighted by Crippen LogP contribution is 2.37. The van der Waals surface area contributed by atoms with Crippen LogP contribution < -0.4 is 15.5 Å². The Morgan fingerprint density at radius 3 is 2.74 bits per heavy atom. The number of rotatable bonds is 7. The van der Waals surface area contributed by atoms with E-state index in [-0.39, 0.29) is 30.0 Å². The van der Waals surface area contributed by atoms with E-state index in [4.69, 9.17) is 5.26 Å². The van der Waals surface area contributed by atoms with E-state index in [2.05, 4.69) is 20.6 Å². The van der Waals surface area contributed by atoms with Gasteiger partial charge in [-0.2, -0.15) is 5.26 Å². The highest BCUT2D eigenvalue weighted by molar-refractivity contribution is 6.01. The minimum absolute atomic E-state index is 0.106. The number of alkyl halides is 1. The molecule has 11 heteroatoms. The molecule has 0 saturated heterocycles. The predicted octanol–water partition coefficient (Wildman–Crippen LogP) is 2.99. The van der Waals surface area contributed by atoms with Gasteiger partial charge in [0.2, 0.25) is 5.91 Å². The molecule has 9 nitrogen and oxygen atoms in total. The largest absolute Gasteiger partial charge is 0.339 e. The fourth-order valence-corrected chi connectivity index (χ4v) is 3.79. The number of nitrogens with zero attached hydrogens (tertiary/aromatic N) is 5. The van der Waals surface area contributed by atoms with Gasteiger partial charge in [0, 0.05) is 25.7 Å². The molecule has 2 amide bonds. The molecule has 0 radical (unpaired) electrons. The number of imidazole rings is 1. The summed E-state index contributed by atoms with van der Waals surface area (Å²) >= 11 is 0. The Hall–Kier alpha value is -4.07. The number of nitriles is 1. The van der Waals surface area contributed by atoms with Crippen molar-refractivity contribution in [2.75, 3.05) is 23.8 Å². The SMILES string of the molecule is CCc1cc(C(=O)NCC#N)cc(F)c1N(C)c1cc2c(ncn2C)c(NC(=O)[C@H]2C[C@H]2F)n1. The molecule has 2 N–H and O–H groups in total. The van der Waals surface area contributed by atoms with Gasteiger partial charge in [-0.05, 0) is 30.5 Å². The van der Waals surface area contributed by atoms with Crippen LogP contribution >= 0.6 is 0 Å². The minimum Gasteiger partial charge on any atom is -0.339 e. The highest BCUT2D eigenvalue weighted by atomic mass is 19.1. The summed E-state index contributed by atoms with van der Waals surface area (Å²) in [4.78, 5) is 34.9. The molecule has 1 fully saturated rings. The maximum Gasteiger partial charge on any atom is 0.252 e. The lowest BCUT2D eigenvalue weighted by molar-refractivity contribution is -0.117. The van der Waals surface area contributed by atoms with Crippen LogP contribution in [-0.2, 0) is 18.3 Å². The number of hydrogen-bond acceptors (Lipinski definition) is 6. The van der Waals surface area contributed by atoms with Crippen molar-refractivity contribution in [2.45, 2.75) is 25.9 Å². The van der Waals surface area contributed by atoms with Gasteiger partial charge in [-0.3, -0.25) is 9.59 Å². The lowest BCUT2D eigenvalue weighted by Crippen LogP contribution is -2.24. The number of aromatic nitrogens is 3. The van der Waals surface area contributed by atoms with Gasteiger partial charge in [0.15, 0.2) is 5.82 Å². The predicted molar refractivity (Wildman–Crippen MR) is 122 cm³/mol. The maximum absolute atomic E-state index is 15.3. The molecule has 176 valence electrons. The van der Waals surface area contributed by atoms with Gasteiger partial charge in [-0.15, -0.1) is 0 Å². The Bertz CT molecular complexity index is 1330. The van der Waals surface area contributed by atoms with Crippen LogP contribution in [0, 0.1) is 23.1 Å². The van der Waals surface area contributed by atoms with E-state index in [1.807, 2.05) is 13.0 Å². The van der Waals surface area contributed by atoms with Gasteiger partial charge in [0.25, 0.3) is 5.91 Å². The van der Waals surface area contributed by atoms with Crippen molar-refractivity contribution in [1.29, 1.82) is 5.26 Å². The van der Waals surface area contributed by atoms with Crippen LogP contribution in [0.5, 0.6) is 0 Å². The lowest BCUT2D eigenvalue weighted by Gasteiger charge is -2.23. The monoisotopic (exact) mass is 467 g/mol. The highest BCUT2D eigenvalue weighted by Gasteiger charge is 2.44. The molecule has 3 aromatic rings. The van der Waals surface area contributed by atoms with Gasteiger partial charge in [-0.1, -0.05) is 6.92 Å². The first-order valence-electron chi connectivity index (χ1n) is 10.7. The van der Waals surface area contributed by atoms with E-state index in [1.54, 1.807) is 37.1 Å². The van der Waals surface area contributed by atoms with Crippen LogP contribution in [-0.4, -0.2) is 46.1 Å². The zero-order chi connectivity index (χ0) is 24.6. The van der Waals surface area contributed by atoms with Gasteiger partial charge >= 0.3 is 0 Å². The molecule has 0 bridgehead atoms. The Labute approximate surface area is 194 Å². The quantitative estimate of drug-likeness (QED) is 0.516. The normalized spacial score (nSPS) is 16.7. The van der Waals surface area contributed by atoms with Crippen molar-refractivity contribution in [3.63, 3.8) is 0 Å². The Balaban J connectivity index is 1.74. The van der Waals surface area contributed by atoms with Crippen LogP contribution in [0.3, 0.4) is 0 Å². The Kier molecular flexibility index (Phi) is 6.15. The molecule has 0 unspecified atom stereocenters. The molecule has 2 atom stereocenters. The van der Waals surface area contributed by atoms with Gasteiger partial charge < -0.3 is 20.1 Å². The average Bonchev–Trinajstić information content (AvgIpc) is 3.44. The second kappa shape index (κ2) is 9.05. The van der Waals surface area contributed by atoms with Crippen LogP contribution in [0.4, 0.5) is 26.1 Å². The van der Waals surface area contributed by atoms with Crippen molar-refractivity contribution in [2.24, 2.45) is 13.0 Å². The van der Waals surface area contributed by atoms with Crippen molar-refractivity contribution in [1.82, 2.24) is 19.9 Å². The summed E-state index contributed by atoms with van der Waals surface area (Å²) in [6, 6.07) is 6.20. The summed E-state index contributed by atoms with van der Waals surface area (Å²) < 4.78 is 30.4. The molecule has 1 aliphatic rings. The molecule has 0 spiro atoms. The van der Waals surface area contributed by atoms with Crippen molar-refractivity contribution >= 4 is 40.2 Å². The summed E-state index contributed by atoms with van der Waals surface area (Å²) in [5.41, 5.74) is 1.96. The number of carbonyl (C=O) groups excluding carboxylic acids is 2. The summed E-state index contributed by atoms with van der Waals surface area (Å²) in [6.07, 6.45) is 1.01. The van der Waals surface area contributed by atoms with Crippen molar-refractivity contribution in [3.8, 4) is 6.07 Å². The summed E-state index contributed by atoms with van der Waals surface area (Å²) in [6.45, 7) is 1.65. The van der Waals surface area contributed by atoms with Crippen LogP contribution in [0.2, 0.25) is 0 Å². The molecule has 1 saturated carbocycles. The first kappa shape index (κ1) is 23.1. The molecular weight excluding hydrogens is 444 g/mol. The molecule has 4 rings (SSSR count). The molecule has 0 aliphatic heterocycles. The van der Waals surface area contributed by atoms with E-state index in [0.29, 0.717) is 28.8 Å². The van der Waals surface area contributed by atoms with Crippen LogP contribution in [0.1, 0.15) is 29.3 Å². The number of halogens is 2. The van der Waals surface area contributed by atoms with Crippen molar-refractivity contribution in [3.05, 3.63) is 41.5 Å². The van der Waals surface area contributed by atoms with Crippen LogP contribution in [0.15, 0.2) is 24.5 Å². The van der Waals surface area contributed by atoms with E-state index in [9.17, 15) is 14.0 Å². The number of hydrogen-bond donors (Lipinski definition) is 2. The van der Waals surface area contributed by atoms with E-state index in [0.717, 1.165) is 6.07 Å². The second-order valence-corrected chi connectivity index (χ2v) is 8.12. The van der Waals surface area contributed by atoms with Gasteiger partial charge in [0.1, 0.15) is 29.9 Å². The molecular formula is C23H23F2N7O2. The smallest absolute Gasteiger partial charge is 0.252 e. The zero-order valence-electron chi connectivity index (χ0n) is 18.9. The molecule has 1 aliphatic carbocycles. The molecule has 1 aromatic carbocycles. The number of benzene rings is 1. The first-order chi connectivity index (χ1) is 16.2. The third-order valence-corrected chi connectivity index (χ3v) is 5.78. The zero-order valence-corrected chi connectivity index (χ0v) is 18.9. The molecule has 2 aromatic heterocycles. The summed E-state index contributed by atoms with van der Waals surface area (Å²) in [7, 11) is 3.40. The fourth-order valence-electron chi connectivity index (χ4n) is 3.79. The van der Waals surface area contributed by atoms with E-state index in [1.165, 1.54) is 4.90 Å². The van der Waals surface area contributed by atoms with Gasteiger partial charge in [-0.25, -0.2) is 18.7 Å². The second-order valence-electron chi connectivity index (χ2n) is 8.12. The molecule has 2 heterocycles. The van der Waals surface area contributed by atoms with E-state index >= 15 is 4.39 Å². The Morgan fingerprint density at radius 1 is 1.35 bits per heavy atom. The van der Waals surface area contributed by atoms with Crippen LogP contribution in [0.25, 0.3) is 11.0 Å². The first-order valence-corrected chi connectivity index (χ1v) is 10.7. The summed E-state index contributed by atoms with van der Waals surface area (Å²) in [5.74, 6) is -1.87. The number of nitrogens with one attached hydrogen (secondary N) is 2. The Morgan fingerprint density at radius 2 is 2.09 bits per heavy atom. The number of fused-ring (bicyclic) bond motifs is 1. The third-order valence-electron chi connectivity index (χ3n) is 5.78. The van der Waals surface area contributed by atoms with Crippen molar-refractivity contribution < 1.29 is 18.4 Å².